The maximum absolute atomic E-state index is 10.1. The van der Waals surface area contributed by atoms with E-state index in [1.165, 1.54) is 43.6 Å². The summed E-state index contributed by atoms with van der Waals surface area (Å²) in [6.07, 6.45) is 7.85. The summed E-state index contributed by atoms with van der Waals surface area (Å²) in [5, 5.41) is 25.0. The van der Waals surface area contributed by atoms with Crippen molar-refractivity contribution in [1.82, 2.24) is 9.13 Å². The van der Waals surface area contributed by atoms with Gasteiger partial charge in [-0.3, -0.25) is 0 Å². The second-order valence-corrected chi connectivity index (χ2v) is 11.9. The Morgan fingerprint density at radius 2 is 0.979 bits per heavy atom. The van der Waals surface area contributed by atoms with Crippen LogP contribution < -0.4 is 0 Å². The van der Waals surface area contributed by atoms with Crippen molar-refractivity contribution in [1.29, 1.82) is 10.5 Å². The molecule has 0 bridgehead atoms. The second kappa shape index (κ2) is 12.0. The van der Waals surface area contributed by atoms with Crippen molar-refractivity contribution >= 4 is 67.9 Å². The zero-order chi connectivity index (χ0) is 32.6. The lowest BCUT2D eigenvalue weighted by Crippen LogP contribution is -1.93. The Balaban J connectivity index is 1.09. The molecule has 6 aromatic carbocycles. The van der Waals surface area contributed by atoms with Gasteiger partial charge in [0.1, 0.15) is 0 Å². The number of hydrogen-bond donors (Lipinski definition) is 0. The number of hydrogen-bond acceptors (Lipinski definition) is 2. The van der Waals surface area contributed by atoms with Gasteiger partial charge in [0.05, 0.1) is 34.3 Å². The van der Waals surface area contributed by atoms with Gasteiger partial charge in [-0.2, -0.15) is 10.5 Å². The molecule has 0 N–H and O–H groups in total. The van der Waals surface area contributed by atoms with Gasteiger partial charge in [-0.25, -0.2) is 0 Å². The van der Waals surface area contributed by atoms with Crippen LogP contribution in [-0.2, 0) is 6.54 Å². The van der Waals surface area contributed by atoms with E-state index in [2.05, 4.69) is 143 Å². The molecule has 0 radical (unpaired) electrons. The Hall–Kier alpha value is -6.62. The second-order valence-electron chi connectivity index (χ2n) is 11.9. The molecule has 0 saturated heterocycles. The third-order valence-corrected chi connectivity index (χ3v) is 9.22. The number of nitrogens with zero attached hydrogens (tertiary/aromatic N) is 4. The molecule has 0 saturated carbocycles. The fraction of sp³-hybridized carbons (Fsp3) is 0.0455. The number of aryl methyl sites for hydroxylation is 1. The first-order valence-corrected chi connectivity index (χ1v) is 16.1. The molecule has 0 aliphatic carbocycles. The van der Waals surface area contributed by atoms with E-state index in [9.17, 15) is 10.5 Å². The highest BCUT2D eigenvalue weighted by molar-refractivity contribution is 6.10. The van der Waals surface area contributed by atoms with Crippen LogP contribution in [0.5, 0.6) is 0 Å². The Labute approximate surface area is 278 Å². The zero-order valence-electron chi connectivity index (χ0n) is 26.4. The number of aromatic nitrogens is 2. The molecule has 226 valence electrons. The van der Waals surface area contributed by atoms with Gasteiger partial charge in [0.25, 0.3) is 0 Å². The first-order chi connectivity index (χ1) is 23.7. The van der Waals surface area contributed by atoms with Crippen molar-refractivity contribution in [2.75, 3.05) is 0 Å². The van der Waals surface area contributed by atoms with Crippen LogP contribution in [0.4, 0.5) is 0 Å². The average molecular weight is 615 g/mol. The molecule has 2 aromatic heterocycles. The molecule has 4 nitrogen and oxygen atoms in total. The van der Waals surface area contributed by atoms with Crippen molar-refractivity contribution in [2.45, 2.75) is 13.5 Å². The molecule has 0 atom stereocenters. The average Bonchev–Trinajstić information content (AvgIpc) is 3.65. The SMILES string of the molecule is CCn1c2ccccc2c2cc(/C=C/c3cc(C#N)c(/C=C/c4ccc(-n5c6ccccc6c6ccccc65)cc4)cc3C#N)ccc21. The van der Waals surface area contributed by atoms with Crippen LogP contribution in [0, 0.1) is 22.7 Å². The fourth-order valence-corrected chi connectivity index (χ4v) is 6.93. The van der Waals surface area contributed by atoms with Gasteiger partial charge in [-0.15, -0.1) is 0 Å². The minimum atomic E-state index is 0.522. The molecule has 0 spiro atoms. The number of fused-ring (bicyclic) bond motifs is 6. The summed E-state index contributed by atoms with van der Waals surface area (Å²) < 4.78 is 4.62. The largest absolute Gasteiger partial charge is 0.341 e. The van der Waals surface area contributed by atoms with Crippen LogP contribution in [-0.4, -0.2) is 9.13 Å². The van der Waals surface area contributed by atoms with Crippen molar-refractivity contribution in [3.05, 3.63) is 161 Å². The van der Waals surface area contributed by atoms with Crippen LogP contribution >= 0.6 is 0 Å². The van der Waals surface area contributed by atoms with Gasteiger partial charge in [0, 0.05) is 44.8 Å². The van der Waals surface area contributed by atoms with Gasteiger partial charge in [0.2, 0.25) is 0 Å². The summed E-state index contributed by atoms with van der Waals surface area (Å²) in [5.41, 5.74) is 10.4. The standard InChI is InChI=1S/C44H30N4/c1-2-47-41-12-6-3-11-39(41)40-25-31(19-24-42(40)47)16-21-33-27-34(28-45)32(26-35(33)29-46)20-15-30-17-22-36(23-18-30)48-43-13-7-4-9-37(43)38-10-5-8-14-44(38)48/h3-27H,2H2,1H3/b20-15+,21-16+. The highest BCUT2D eigenvalue weighted by Crippen LogP contribution is 2.33. The lowest BCUT2D eigenvalue weighted by Gasteiger charge is -2.08. The number of rotatable bonds is 6. The lowest BCUT2D eigenvalue weighted by atomic mass is 9.97. The summed E-state index contributed by atoms with van der Waals surface area (Å²) in [5.74, 6) is 0. The van der Waals surface area contributed by atoms with Gasteiger partial charge < -0.3 is 9.13 Å². The monoisotopic (exact) mass is 614 g/mol. The van der Waals surface area contributed by atoms with Crippen LogP contribution in [0.3, 0.4) is 0 Å². The van der Waals surface area contributed by atoms with Crippen molar-refractivity contribution < 1.29 is 0 Å². The summed E-state index contributed by atoms with van der Waals surface area (Å²) in [4.78, 5) is 0. The Bertz CT molecular complexity index is 2610. The summed E-state index contributed by atoms with van der Waals surface area (Å²) in [7, 11) is 0. The molecule has 0 unspecified atom stereocenters. The quantitative estimate of drug-likeness (QED) is 0.175. The normalized spacial score (nSPS) is 11.7. The summed E-state index contributed by atoms with van der Waals surface area (Å²) >= 11 is 0. The van der Waals surface area contributed by atoms with Gasteiger partial charge in [-0.05, 0) is 83.8 Å². The van der Waals surface area contributed by atoms with Crippen LogP contribution in [0.1, 0.15) is 40.3 Å². The molecule has 0 amide bonds. The predicted molar refractivity (Wildman–Crippen MR) is 200 cm³/mol. The molecular formula is C44H30N4. The number of nitriles is 2. The van der Waals surface area contributed by atoms with E-state index in [1.807, 2.05) is 30.4 Å². The molecule has 2 heterocycles. The minimum Gasteiger partial charge on any atom is -0.341 e. The Morgan fingerprint density at radius 3 is 1.54 bits per heavy atom. The molecule has 0 aliphatic rings. The number of para-hydroxylation sites is 3. The topological polar surface area (TPSA) is 57.4 Å². The molecule has 8 aromatic rings. The summed E-state index contributed by atoms with van der Waals surface area (Å²) in [6.45, 7) is 3.06. The third kappa shape index (κ3) is 4.85. The van der Waals surface area contributed by atoms with Crippen molar-refractivity contribution in [2.24, 2.45) is 0 Å². The van der Waals surface area contributed by atoms with Gasteiger partial charge >= 0.3 is 0 Å². The lowest BCUT2D eigenvalue weighted by molar-refractivity contribution is 0.827. The van der Waals surface area contributed by atoms with E-state index in [0.29, 0.717) is 16.7 Å². The third-order valence-electron chi connectivity index (χ3n) is 9.22. The predicted octanol–water partition coefficient (Wildman–Crippen LogP) is 11.0. The fourth-order valence-electron chi connectivity index (χ4n) is 6.93. The first kappa shape index (κ1) is 28.8. The number of benzene rings is 6. The molecular weight excluding hydrogens is 585 g/mol. The van der Waals surface area contributed by atoms with E-state index in [0.717, 1.165) is 28.9 Å². The van der Waals surface area contributed by atoms with E-state index >= 15 is 0 Å². The van der Waals surface area contributed by atoms with Crippen molar-refractivity contribution in [3.8, 4) is 17.8 Å². The first-order valence-electron chi connectivity index (χ1n) is 16.1. The maximum Gasteiger partial charge on any atom is 0.0998 e. The Kier molecular flexibility index (Phi) is 7.18. The molecule has 0 aliphatic heterocycles. The maximum atomic E-state index is 10.1. The van der Waals surface area contributed by atoms with Gasteiger partial charge in [-0.1, -0.05) is 97.1 Å². The van der Waals surface area contributed by atoms with E-state index in [-0.39, 0.29) is 0 Å². The highest BCUT2D eigenvalue weighted by Gasteiger charge is 2.12. The molecule has 0 fully saturated rings. The Morgan fingerprint density at radius 1 is 0.500 bits per heavy atom. The van der Waals surface area contributed by atoms with E-state index in [1.54, 1.807) is 6.07 Å². The minimum absolute atomic E-state index is 0.522. The van der Waals surface area contributed by atoms with Gasteiger partial charge in [0.15, 0.2) is 0 Å². The van der Waals surface area contributed by atoms with Crippen LogP contribution in [0.2, 0.25) is 0 Å². The summed E-state index contributed by atoms with van der Waals surface area (Å²) in [6, 6.07) is 48.6. The van der Waals surface area contributed by atoms with E-state index < -0.39 is 0 Å². The molecule has 8 rings (SSSR count). The molecule has 4 heteroatoms. The van der Waals surface area contributed by atoms with Crippen LogP contribution in [0.25, 0.3) is 73.6 Å². The molecule has 48 heavy (non-hydrogen) atoms. The zero-order valence-corrected chi connectivity index (χ0v) is 26.4. The smallest absolute Gasteiger partial charge is 0.0998 e. The highest BCUT2D eigenvalue weighted by atomic mass is 15.0. The van der Waals surface area contributed by atoms with E-state index in [4.69, 9.17) is 0 Å². The van der Waals surface area contributed by atoms with Crippen LogP contribution in [0.15, 0.2) is 127 Å². The van der Waals surface area contributed by atoms with Crippen molar-refractivity contribution in [3.63, 3.8) is 0 Å².